The molecular formula is C14H11BrN2O2. The van der Waals surface area contributed by atoms with Crippen LogP contribution >= 0.6 is 15.9 Å². The third-order valence-corrected chi connectivity index (χ3v) is 3.40. The van der Waals surface area contributed by atoms with Gasteiger partial charge in [0.1, 0.15) is 17.4 Å². The molecular weight excluding hydrogens is 308 g/mol. The molecule has 0 amide bonds. The first-order valence-corrected chi connectivity index (χ1v) is 6.34. The summed E-state index contributed by atoms with van der Waals surface area (Å²) >= 11 is 3.44. The molecule has 0 radical (unpaired) electrons. The number of aromatic nitrogens is 1. The molecule has 1 heterocycles. The quantitative estimate of drug-likeness (QED) is 0.925. The van der Waals surface area contributed by atoms with Crippen molar-refractivity contribution in [1.29, 1.82) is 5.26 Å². The molecule has 2 rings (SSSR count). The van der Waals surface area contributed by atoms with Crippen molar-refractivity contribution in [3.8, 4) is 22.9 Å². The van der Waals surface area contributed by atoms with Gasteiger partial charge in [-0.2, -0.15) is 5.26 Å². The molecule has 0 aliphatic rings. The van der Waals surface area contributed by atoms with Crippen LogP contribution in [0.4, 0.5) is 0 Å². The third kappa shape index (κ3) is 2.54. The van der Waals surface area contributed by atoms with E-state index in [2.05, 4.69) is 20.9 Å². The minimum atomic E-state index is -0.375. The van der Waals surface area contributed by atoms with E-state index in [4.69, 9.17) is 10.00 Å². The third-order valence-electron chi connectivity index (χ3n) is 2.75. The average Bonchev–Trinajstić information content (AvgIpc) is 2.37. The summed E-state index contributed by atoms with van der Waals surface area (Å²) in [6, 6.07) is 9.14. The summed E-state index contributed by atoms with van der Waals surface area (Å²) < 4.78 is 5.90. The highest BCUT2D eigenvalue weighted by Crippen LogP contribution is 2.32. The average molecular weight is 319 g/mol. The summed E-state index contributed by atoms with van der Waals surface area (Å²) in [6.07, 6.45) is 0. The second-order valence-electron chi connectivity index (χ2n) is 4.03. The molecule has 0 atom stereocenters. The number of methoxy groups -OCH3 is 1. The largest absolute Gasteiger partial charge is 0.497 e. The monoisotopic (exact) mass is 318 g/mol. The molecule has 0 saturated heterocycles. The van der Waals surface area contributed by atoms with Crippen LogP contribution in [0.3, 0.4) is 0 Å². The van der Waals surface area contributed by atoms with Crippen molar-refractivity contribution >= 4 is 15.9 Å². The van der Waals surface area contributed by atoms with E-state index in [1.165, 1.54) is 0 Å². The number of H-pyrrole nitrogens is 1. The van der Waals surface area contributed by atoms with Crippen molar-refractivity contribution in [2.24, 2.45) is 0 Å². The van der Waals surface area contributed by atoms with Crippen molar-refractivity contribution in [2.75, 3.05) is 7.11 Å². The fourth-order valence-electron chi connectivity index (χ4n) is 1.85. The van der Waals surface area contributed by atoms with Crippen LogP contribution in [0.15, 0.2) is 33.5 Å². The van der Waals surface area contributed by atoms with Gasteiger partial charge in [0, 0.05) is 15.7 Å². The Balaban J connectivity index is 2.72. The molecule has 0 spiro atoms. The van der Waals surface area contributed by atoms with E-state index in [1.54, 1.807) is 32.2 Å². The van der Waals surface area contributed by atoms with Gasteiger partial charge in [-0.25, -0.2) is 0 Å². The normalized spacial score (nSPS) is 10.0. The SMILES string of the molecule is COc1ccc(-c2cc(C)[nH]c(=O)c2C#N)c(Br)c1. The summed E-state index contributed by atoms with van der Waals surface area (Å²) in [4.78, 5) is 14.4. The van der Waals surface area contributed by atoms with E-state index >= 15 is 0 Å². The van der Waals surface area contributed by atoms with Gasteiger partial charge in [-0.3, -0.25) is 4.79 Å². The van der Waals surface area contributed by atoms with Crippen LogP contribution in [-0.2, 0) is 0 Å². The topological polar surface area (TPSA) is 65.9 Å². The number of pyridine rings is 1. The highest BCUT2D eigenvalue weighted by Gasteiger charge is 2.13. The summed E-state index contributed by atoms with van der Waals surface area (Å²) in [7, 11) is 1.58. The smallest absolute Gasteiger partial charge is 0.266 e. The number of nitrogens with one attached hydrogen (secondary N) is 1. The van der Waals surface area contributed by atoms with Crippen LogP contribution in [0.25, 0.3) is 11.1 Å². The molecule has 0 saturated carbocycles. The maximum absolute atomic E-state index is 11.8. The minimum absolute atomic E-state index is 0.108. The van der Waals surface area contributed by atoms with Crippen molar-refractivity contribution < 1.29 is 4.74 Å². The van der Waals surface area contributed by atoms with Crippen molar-refractivity contribution in [3.05, 3.63) is 50.3 Å². The van der Waals surface area contributed by atoms with Crippen LogP contribution in [0, 0.1) is 18.3 Å². The highest BCUT2D eigenvalue weighted by molar-refractivity contribution is 9.10. The van der Waals surface area contributed by atoms with E-state index in [9.17, 15) is 4.79 Å². The number of rotatable bonds is 2. The van der Waals surface area contributed by atoms with Crippen LogP contribution in [0.1, 0.15) is 11.3 Å². The second-order valence-corrected chi connectivity index (χ2v) is 4.88. The molecule has 0 bridgehead atoms. The zero-order valence-corrected chi connectivity index (χ0v) is 12.0. The van der Waals surface area contributed by atoms with Crippen LogP contribution < -0.4 is 10.3 Å². The maximum atomic E-state index is 11.8. The standard InChI is InChI=1S/C14H11BrN2O2/c1-8-5-11(12(7-16)14(18)17-8)10-4-3-9(19-2)6-13(10)15/h3-6H,1-2H3,(H,17,18). The molecule has 0 aliphatic carbocycles. The Morgan fingerprint density at radius 3 is 2.63 bits per heavy atom. The number of hydrogen-bond donors (Lipinski definition) is 1. The number of aryl methyl sites for hydroxylation is 1. The molecule has 4 nitrogen and oxygen atoms in total. The summed E-state index contributed by atoms with van der Waals surface area (Å²) in [5.41, 5.74) is 1.84. The maximum Gasteiger partial charge on any atom is 0.266 e. The van der Waals surface area contributed by atoms with Crippen LogP contribution in [-0.4, -0.2) is 12.1 Å². The number of aromatic amines is 1. The summed E-state index contributed by atoms with van der Waals surface area (Å²) in [5.74, 6) is 0.704. The Labute approximate surface area is 118 Å². The van der Waals surface area contributed by atoms with Gasteiger partial charge in [0.2, 0.25) is 0 Å². The van der Waals surface area contributed by atoms with Gasteiger partial charge in [0.25, 0.3) is 5.56 Å². The van der Waals surface area contributed by atoms with E-state index in [0.717, 1.165) is 10.0 Å². The molecule has 1 aromatic carbocycles. The first-order valence-electron chi connectivity index (χ1n) is 5.54. The Hall–Kier alpha value is -2.06. The molecule has 96 valence electrons. The molecule has 0 fully saturated rings. The fourth-order valence-corrected chi connectivity index (χ4v) is 2.42. The van der Waals surface area contributed by atoms with Crippen molar-refractivity contribution in [1.82, 2.24) is 4.98 Å². The predicted octanol–water partition coefficient (Wildman–Crippen LogP) is 2.99. The Morgan fingerprint density at radius 1 is 1.32 bits per heavy atom. The Kier molecular flexibility index (Phi) is 3.72. The van der Waals surface area contributed by atoms with Gasteiger partial charge in [-0.15, -0.1) is 0 Å². The Morgan fingerprint density at radius 2 is 2.05 bits per heavy atom. The molecule has 5 heteroatoms. The van der Waals surface area contributed by atoms with Crippen molar-refractivity contribution in [3.63, 3.8) is 0 Å². The summed E-state index contributed by atoms with van der Waals surface area (Å²) in [6.45, 7) is 1.78. The van der Waals surface area contributed by atoms with E-state index < -0.39 is 0 Å². The number of benzene rings is 1. The van der Waals surface area contributed by atoms with Crippen LogP contribution in [0.5, 0.6) is 5.75 Å². The first kappa shape index (κ1) is 13.4. The van der Waals surface area contributed by atoms with E-state index in [-0.39, 0.29) is 11.1 Å². The number of halogens is 1. The molecule has 19 heavy (non-hydrogen) atoms. The Bertz CT molecular complexity index is 729. The lowest BCUT2D eigenvalue weighted by atomic mass is 10.0. The van der Waals surface area contributed by atoms with E-state index in [1.807, 2.05) is 12.1 Å². The number of nitriles is 1. The predicted molar refractivity (Wildman–Crippen MR) is 76.2 cm³/mol. The van der Waals surface area contributed by atoms with Gasteiger partial charge < -0.3 is 9.72 Å². The number of nitrogens with zero attached hydrogens (tertiary/aromatic N) is 1. The highest BCUT2D eigenvalue weighted by atomic mass is 79.9. The molecule has 1 aromatic heterocycles. The fraction of sp³-hybridized carbons (Fsp3) is 0.143. The van der Waals surface area contributed by atoms with Crippen molar-refractivity contribution in [2.45, 2.75) is 6.92 Å². The lowest BCUT2D eigenvalue weighted by molar-refractivity contribution is 0.414. The van der Waals surface area contributed by atoms with E-state index in [0.29, 0.717) is 17.0 Å². The first-order chi connectivity index (χ1) is 9.06. The molecule has 0 aliphatic heterocycles. The summed E-state index contributed by atoms with van der Waals surface area (Å²) in [5, 5.41) is 9.13. The van der Waals surface area contributed by atoms with Gasteiger partial charge in [-0.1, -0.05) is 15.9 Å². The molecule has 2 aromatic rings. The van der Waals surface area contributed by atoms with Gasteiger partial charge in [-0.05, 0) is 36.8 Å². The minimum Gasteiger partial charge on any atom is -0.497 e. The number of ether oxygens (including phenoxy) is 1. The lowest BCUT2D eigenvalue weighted by Gasteiger charge is -2.09. The zero-order chi connectivity index (χ0) is 14.0. The molecule has 1 N–H and O–H groups in total. The molecule has 0 unspecified atom stereocenters. The second kappa shape index (κ2) is 5.29. The zero-order valence-electron chi connectivity index (χ0n) is 10.5. The van der Waals surface area contributed by atoms with Gasteiger partial charge in [0.05, 0.1) is 7.11 Å². The number of hydrogen-bond acceptors (Lipinski definition) is 3. The lowest BCUT2D eigenvalue weighted by Crippen LogP contribution is -2.12. The van der Waals surface area contributed by atoms with Crippen LogP contribution in [0.2, 0.25) is 0 Å². The van der Waals surface area contributed by atoms with Gasteiger partial charge >= 0.3 is 0 Å². The van der Waals surface area contributed by atoms with Gasteiger partial charge in [0.15, 0.2) is 0 Å².